The van der Waals surface area contributed by atoms with Crippen LogP contribution in [0.4, 0.5) is 5.00 Å². The minimum Gasteiger partial charge on any atom is -0.481 e. The Morgan fingerprint density at radius 2 is 2.13 bits per heavy atom. The molecule has 2 atom stereocenters. The first kappa shape index (κ1) is 15.5. The van der Waals surface area contributed by atoms with Crippen LogP contribution < -0.4 is 5.32 Å². The summed E-state index contributed by atoms with van der Waals surface area (Å²) in [6.07, 6.45) is 0.928. The molecule has 3 rings (SSSR count). The number of carbonyl (C=O) groups is 3. The van der Waals surface area contributed by atoms with Crippen molar-refractivity contribution in [1.29, 1.82) is 5.26 Å². The summed E-state index contributed by atoms with van der Waals surface area (Å²) in [4.78, 5) is 37.0. The number of carboxylic acid groups (broad SMARTS) is 1. The van der Waals surface area contributed by atoms with Crippen LogP contribution in [-0.2, 0) is 27.3 Å². The van der Waals surface area contributed by atoms with Gasteiger partial charge in [-0.2, -0.15) is 5.26 Å². The highest BCUT2D eigenvalue weighted by molar-refractivity contribution is 7.16. The molecule has 0 spiro atoms. The highest BCUT2D eigenvalue weighted by Gasteiger charge is 2.48. The first-order valence-electron chi connectivity index (χ1n) is 7.26. The fraction of sp³-hybridized carbons (Fsp3) is 0.467. The number of hydrogen-bond donors (Lipinski definition) is 2. The molecule has 2 N–H and O–H groups in total. The number of nitrogens with one attached hydrogen (secondary N) is 1. The van der Waals surface area contributed by atoms with Crippen molar-refractivity contribution in [2.75, 3.05) is 11.9 Å². The van der Waals surface area contributed by atoms with Crippen LogP contribution in [0, 0.1) is 23.2 Å². The number of anilines is 1. The molecule has 7 nitrogen and oxygen atoms in total. The number of thiophene rings is 1. The first-order chi connectivity index (χ1) is 10.9. The van der Waals surface area contributed by atoms with Gasteiger partial charge in [-0.1, -0.05) is 0 Å². The van der Waals surface area contributed by atoms with Crippen LogP contribution >= 0.6 is 11.3 Å². The molecule has 2 amide bonds. The Labute approximate surface area is 136 Å². The molecule has 2 heterocycles. The summed E-state index contributed by atoms with van der Waals surface area (Å²) in [5.74, 6) is -2.48. The Kier molecular flexibility index (Phi) is 3.82. The van der Waals surface area contributed by atoms with Gasteiger partial charge in [0.2, 0.25) is 11.8 Å². The highest BCUT2D eigenvalue weighted by Crippen LogP contribution is 2.41. The monoisotopic (exact) mass is 333 g/mol. The van der Waals surface area contributed by atoms with Gasteiger partial charge < -0.3 is 15.3 Å². The third-order valence-electron chi connectivity index (χ3n) is 4.30. The van der Waals surface area contributed by atoms with Crippen LogP contribution in [-0.4, -0.2) is 34.3 Å². The maximum Gasteiger partial charge on any atom is 0.307 e. The number of amides is 2. The van der Waals surface area contributed by atoms with Gasteiger partial charge >= 0.3 is 5.97 Å². The molecule has 1 aliphatic carbocycles. The molecule has 8 heteroatoms. The van der Waals surface area contributed by atoms with Crippen LogP contribution in [0.5, 0.6) is 0 Å². The van der Waals surface area contributed by atoms with Crippen molar-refractivity contribution in [3.8, 4) is 6.07 Å². The van der Waals surface area contributed by atoms with Gasteiger partial charge in [-0.05, 0) is 18.4 Å². The van der Waals surface area contributed by atoms with Crippen molar-refractivity contribution in [2.24, 2.45) is 11.8 Å². The quantitative estimate of drug-likeness (QED) is 0.863. The number of aliphatic carboxylic acids is 1. The molecule has 2 aliphatic rings. The predicted octanol–water partition coefficient (Wildman–Crippen LogP) is 1.18. The fourth-order valence-electron chi connectivity index (χ4n) is 2.84. The van der Waals surface area contributed by atoms with Crippen LogP contribution in [0.1, 0.15) is 29.3 Å². The minimum absolute atomic E-state index is 0.0181. The lowest BCUT2D eigenvalue weighted by Crippen LogP contribution is -2.33. The van der Waals surface area contributed by atoms with Crippen molar-refractivity contribution >= 4 is 34.1 Å². The summed E-state index contributed by atoms with van der Waals surface area (Å²) in [6.45, 7) is 2.51. The van der Waals surface area contributed by atoms with Gasteiger partial charge in [-0.25, -0.2) is 0 Å². The van der Waals surface area contributed by atoms with Crippen molar-refractivity contribution in [3.63, 3.8) is 0 Å². The standard InChI is InChI=1S/C15H15N3O4S/c1-7(19)18-3-2-8-11(5-16)14(23-12(8)6-18)17-13(20)9-4-10(9)15(21)22/h9-10H,2-4,6H2,1H3,(H,17,20)(H,21,22). The number of carboxylic acids is 1. The van der Waals surface area contributed by atoms with E-state index in [0.717, 1.165) is 10.4 Å². The van der Waals surface area contributed by atoms with Crippen molar-refractivity contribution in [3.05, 3.63) is 16.0 Å². The van der Waals surface area contributed by atoms with E-state index < -0.39 is 17.8 Å². The van der Waals surface area contributed by atoms with E-state index in [1.807, 2.05) is 0 Å². The van der Waals surface area contributed by atoms with E-state index in [0.29, 0.717) is 36.5 Å². The molecular formula is C15H15N3O4S. The van der Waals surface area contributed by atoms with E-state index in [1.165, 1.54) is 18.3 Å². The van der Waals surface area contributed by atoms with Gasteiger partial charge in [0.05, 0.1) is 23.9 Å². The third kappa shape index (κ3) is 2.80. The third-order valence-corrected chi connectivity index (χ3v) is 5.43. The van der Waals surface area contributed by atoms with E-state index in [-0.39, 0.29) is 11.8 Å². The van der Waals surface area contributed by atoms with Gasteiger partial charge in [-0.15, -0.1) is 11.3 Å². The lowest BCUT2D eigenvalue weighted by molar-refractivity contribution is -0.139. The number of fused-ring (bicyclic) bond motifs is 1. The maximum absolute atomic E-state index is 12.1. The molecule has 1 aliphatic heterocycles. The highest BCUT2D eigenvalue weighted by atomic mass is 32.1. The summed E-state index contributed by atoms with van der Waals surface area (Å²) in [7, 11) is 0. The van der Waals surface area contributed by atoms with E-state index in [4.69, 9.17) is 5.11 Å². The molecule has 0 radical (unpaired) electrons. The molecule has 0 bridgehead atoms. The van der Waals surface area contributed by atoms with Crippen LogP contribution in [0.15, 0.2) is 0 Å². The molecule has 2 unspecified atom stereocenters. The van der Waals surface area contributed by atoms with Crippen molar-refractivity contribution in [1.82, 2.24) is 4.90 Å². The Balaban J connectivity index is 1.79. The molecule has 0 aromatic carbocycles. The fourth-order valence-corrected chi connectivity index (χ4v) is 4.06. The molecule has 1 saturated carbocycles. The van der Waals surface area contributed by atoms with Crippen molar-refractivity contribution in [2.45, 2.75) is 26.3 Å². The van der Waals surface area contributed by atoms with Gasteiger partial charge in [0, 0.05) is 18.3 Å². The average molecular weight is 333 g/mol. The average Bonchev–Trinajstić information content (AvgIpc) is 3.23. The second-order valence-corrected chi connectivity index (χ2v) is 6.89. The van der Waals surface area contributed by atoms with Crippen LogP contribution in [0.2, 0.25) is 0 Å². The van der Waals surface area contributed by atoms with Crippen molar-refractivity contribution < 1.29 is 19.5 Å². The van der Waals surface area contributed by atoms with Crippen LogP contribution in [0.3, 0.4) is 0 Å². The number of carbonyl (C=O) groups excluding carboxylic acids is 2. The zero-order chi connectivity index (χ0) is 16.7. The molecule has 1 aromatic heterocycles. The second kappa shape index (κ2) is 5.66. The second-order valence-electron chi connectivity index (χ2n) is 5.79. The molecule has 1 fully saturated rings. The smallest absolute Gasteiger partial charge is 0.307 e. The zero-order valence-electron chi connectivity index (χ0n) is 12.5. The molecule has 120 valence electrons. The Hall–Kier alpha value is -2.40. The van der Waals surface area contributed by atoms with E-state index in [9.17, 15) is 19.6 Å². The summed E-state index contributed by atoms with van der Waals surface area (Å²) in [5, 5.41) is 21.4. The topological polar surface area (TPSA) is 110 Å². The minimum atomic E-state index is -0.965. The van der Waals surface area contributed by atoms with Crippen LogP contribution in [0.25, 0.3) is 0 Å². The number of nitrogens with zero attached hydrogens (tertiary/aromatic N) is 2. The van der Waals surface area contributed by atoms with Gasteiger partial charge in [0.25, 0.3) is 0 Å². The first-order valence-corrected chi connectivity index (χ1v) is 8.07. The largest absolute Gasteiger partial charge is 0.481 e. The Morgan fingerprint density at radius 3 is 2.70 bits per heavy atom. The Morgan fingerprint density at radius 1 is 1.39 bits per heavy atom. The van der Waals surface area contributed by atoms with E-state index in [1.54, 1.807) is 4.90 Å². The lowest BCUT2D eigenvalue weighted by atomic mass is 10.0. The molecule has 1 aromatic rings. The zero-order valence-corrected chi connectivity index (χ0v) is 13.3. The summed E-state index contributed by atoms with van der Waals surface area (Å²) < 4.78 is 0. The van der Waals surface area contributed by atoms with E-state index in [2.05, 4.69) is 11.4 Å². The summed E-state index contributed by atoms with van der Waals surface area (Å²) >= 11 is 1.30. The van der Waals surface area contributed by atoms with E-state index >= 15 is 0 Å². The number of rotatable bonds is 3. The Bertz CT molecular complexity index is 749. The maximum atomic E-state index is 12.1. The van der Waals surface area contributed by atoms with Gasteiger partial charge in [0.15, 0.2) is 0 Å². The molecule has 0 saturated heterocycles. The SMILES string of the molecule is CC(=O)N1CCc2c(sc(NC(=O)C3CC3C(=O)O)c2C#N)C1. The predicted molar refractivity (Wildman–Crippen MR) is 81.7 cm³/mol. The lowest BCUT2D eigenvalue weighted by Gasteiger charge is -2.25. The molecular weight excluding hydrogens is 318 g/mol. The number of nitriles is 1. The summed E-state index contributed by atoms with van der Waals surface area (Å²) in [6, 6.07) is 2.12. The molecule has 23 heavy (non-hydrogen) atoms. The van der Waals surface area contributed by atoms with Gasteiger partial charge in [0.1, 0.15) is 11.1 Å². The van der Waals surface area contributed by atoms with Gasteiger partial charge in [-0.3, -0.25) is 14.4 Å². The summed E-state index contributed by atoms with van der Waals surface area (Å²) in [5.41, 5.74) is 1.32. The normalized spacial score (nSPS) is 22.0. The number of hydrogen-bond acceptors (Lipinski definition) is 5.